The summed E-state index contributed by atoms with van der Waals surface area (Å²) in [4.78, 5) is 25.8. The third kappa shape index (κ3) is 4.87. The number of hydrogen-bond donors (Lipinski definition) is 2. The SMILES string of the molecule is CO[C@H]1[C@@H](O[Si](C)(C)C(C)(C)C)[C@H](n2cnc3c(NC(=O)c4ccccc4)ncnc32)O[C@@H]1CO. The van der Waals surface area contributed by atoms with Gasteiger partial charge >= 0.3 is 0 Å². The van der Waals surface area contributed by atoms with Crippen LogP contribution in [0.25, 0.3) is 11.2 Å². The molecule has 0 bridgehead atoms. The Labute approximate surface area is 205 Å². The van der Waals surface area contributed by atoms with Gasteiger partial charge in [-0.15, -0.1) is 0 Å². The van der Waals surface area contributed by atoms with Crippen LogP contribution in [0, 0.1) is 0 Å². The molecule has 11 heteroatoms. The van der Waals surface area contributed by atoms with Crippen LogP contribution in [0.15, 0.2) is 43.0 Å². The van der Waals surface area contributed by atoms with Gasteiger partial charge < -0.3 is 24.3 Å². The smallest absolute Gasteiger partial charge is 0.256 e. The minimum Gasteiger partial charge on any atom is -0.407 e. The molecule has 3 heterocycles. The van der Waals surface area contributed by atoms with Crippen molar-refractivity contribution in [3.05, 3.63) is 48.5 Å². The molecule has 1 saturated heterocycles. The molecule has 0 aliphatic carbocycles. The van der Waals surface area contributed by atoms with Gasteiger partial charge in [0, 0.05) is 12.7 Å². The first-order chi connectivity index (χ1) is 16.6. The quantitative estimate of drug-likeness (QED) is 0.475. The zero-order valence-electron chi connectivity index (χ0n) is 20.9. The molecule has 3 aromatic rings. The molecule has 10 nitrogen and oxygen atoms in total. The molecule has 1 aliphatic heterocycles. The van der Waals surface area contributed by atoms with E-state index in [0.717, 1.165) is 0 Å². The van der Waals surface area contributed by atoms with Crippen molar-refractivity contribution >= 4 is 31.2 Å². The monoisotopic (exact) mass is 499 g/mol. The zero-order chi connectivity index (χ0) is 25.4. The average Bonchev–Trinajstić information content (AvgIpc) is 3.40. The fourth-order valence-corrected chi connectivity index (χ4v) is 5.19. The number of imidazole rings is 1. The number of benzene rings is 1. The second kappa shape index (κ2) is 9.74. The molecule has 0 unspecified atom stereocenters. The highest BCUT2D eigenvalue weighted by molar-refractivity contribution is 6.74. The van der Waals surface area contributed by atoms with Crippen LogP contribution < -0.4 is 5.32 Å². The number of methoxy groups -OCH3 is 1. The van der Waals surface area contributed by atoms with Gasteiger partial charge in [0.25, 0.3) is 5.91 Å². The highest BCUT2D eigenvalue weighted by atomic mass is 28.4. The third-order valence-electron chi connectivity index (χ3n) is 6.88. The van der Waals surface area contributed by atoms with E-state index >= 15 is 0 Å². The summed E-state index contributed by atoms with van der Waals surface area (Å²) in [6.07, 6.45) is 0.789. The zero-order valence-corrected chi connectivity index (χ0v) is 21.9. The lowest BCUT2D eigenvalue weighted by Gasteiger charge is -2.40. The van der Waals surface area contributed by atoms with Crippen molar-refractivity contribution in [2.24, 2.45) is 0 Å². The van der Waals surface area contributed by atoms with Crippen molar-refractivity contribution in [2.45, 2.75) is 63.4 Å². The van der Waals surface area contributed by atoms with E-state index in [-0.39, 0.29) is 17.6 Å². The lowest BCUT2D eigenvalue weighted by molar-refractivity contribution is -0.0530. The highest BCUT2D eigenvalue weighted by Gasteiger charge is 2.51. The van der Waals surface area contributed by atoms with E-state index in [9.17, 15) is 9.90 Å². The Morgan fingerprint density at radius 3 is 2.51 bits per heavy atom. The molecule has 1 aliphatic rings. The molecular weight excluding hydrogens is 466 g/mol. The van der Waals surface area contributed by atoms with Crippen LogP contribution in [0.4, 0.5) is 5.82 Å². The third-order valence-corrected chi connectivity index (χ3v) is 11.3. The normalized spacial score (nSPS) is 23.1. The van der Waals surface area contributed by atoms with E-state index in [1.807, 2.05) is 6.07 Å². The summed E-state index contributed by atoms with van der Waals surface area (Å²) in [5, 5.41) is 12.8. The molecule has 0 saturated carbocycles. The van der Waals surface area contributed by atoms with Gasteiger partial charge in [-0.2, -0.15) is 0 Å². The maximum atomic E-state index is 12.7. The highest BCUT2D eigenvalue weighted by Crippen LogP contribution is 2.43. The first-order valence-corrected chi connectivity index (χ1v) is 14.5. The van der Waals surface area contributed by atoms with Crippen LogP contribution in [0.5, 0.6) is 0 Å². The predicted molar refractivity (Wildman–Crippen MR) is 134 cm³/mol. The number of nitrogens with zero attached hydrogens (tertiary/aromatic N) is 4. The summed E-state index contributed by atoms with van der Waals surface area (Å²) < 4.78 is 20.5. The minimum atomic E-state index is -2.23. The maximum absolute atomic E-state index is 12.7. The number of carbonyl (C=O) groups excluding carboxylic acids is 1. The first-order valence-electron chi connectivity index (χ1n) is 11.6. The molecule has 0 radical (unpaired) electrons. The van der Waals surface area contributed by atoms with Crippen LogP contribution in [-0.4, -0.2) is 70.9 Å². The maximum Gasteiger partial charge on any atom is 0.256 e. The number of aromatic nitrogens is 4. The Morgan fingerprint density at radius 1 is 1.17 bits per heavy atom. The van der Waals surface area contributed by atoms with E-state index in [1.54, 1.807) is 42.3 Å². The second-order valence-corrected chi connectivity index (χ2v) is 14.9. The predicted octanol–water partition coefficient (Wildman–Crippen LogP) is 3.37. The van der Waals surface area contributed by atoms with Crippen molar-refractivity contribution in [2.75, 3.05) is 19.0 Å². The largest absolute Gasteiger partial charge is 0.407 e. The second-order valence-electron chi connectivity index (χ2n) is 10.2. The van der Waals surface area contributed by atoms with Crippen molar-refractivity contribution in [3.8, 4) is 0 Å². The molecular formula is C24H33N5O5Si. The number of aliphatic hydroxyl groups excluding tert-OH is 1. The number of aliphatic hydroxyl groups is 1. The van der Waals surface area contributed by atoms with Crippen molar-refractivity contribution in [1.29, 1.82) is 0 Å². The van der Waals surface area contributed by atoms with Crippen molar-refractivity contribution < 1.29 is 23.8 Å². The lowest BCUT2D eigenvalue weighted by atomic mass is 10.1. The van der Waals surface area contributed by atoms with E-state index in [2.05, 4.69) is 54.1 Å². The average molecular weight is 500 g/mol. The molecule has 4 rings (SSSR count). The fourth-order valence-electron chi connectivity index (χ4n) is 3.91. The lowest BCUT2D eigenvalue weighted by Crippen LogP contribution is -2.49. The van der Waals surface area contributed by atoms with E-state index in [1.165, 1.54) is 6.33 Å². The molecule has 2 aromatic heterocycles. The van der Waals surface area contributed by atoms with Gasteiger partial charge in [-0.1, -0.05) is 39.0 Å². The molecule has 188 valence electrons. The van der Waals surface area contributed by atoms with Crippen LogP contribution >= 0.6 is 0 Å². The summed E-state index contributed by atoms with van der Waals surface area (Å²) in [5.74, 6) is 0.000610. The number of fused-ring (bicyclic) bond motifs is 1. The summed E-state index contributed by atoms with van der Waals surface area (Å²) in [6.45, 7) is 10.6. The molecule has 2 N–H and O–H groups in total. The summed E-state index contributed by atoms with van der Waals surface area (Å²) in [5.41, 5.74) is 1.41. The molecule has 0 spiro atoms. The molecule has 1 aromatic carbocycles. The topological polar surface area (TPSA) is 121 Å². The Morgan fingerprint density at radius 2 is 1.89 bits per heavy atom. The Hall–Kier alpha value is -2.70. The van der Waals surface area contributed by atoms with Gasteiger partial charge in [0.05, 0.1) is 12.9 Å². The van der Waals surface area contributed by atoms with Crippen LogP contribution in [-0.2, 0) is 13.9 Å². The number of carbonyl (C=O) groups is 1. The van der Waals surface area contributed by atoms with E-state index < -0.39 is 32.9 Å². The number of hydrogen-bond acceptors (Lipinski definition) is 8. The van der Waals surface area contributed by atoms with Crippen LogP contribution in [0.2, 0.25) is 18.1 Å². The minimum absolute atomic E-state index is 0.0405. The number of amides is 1. The number of ether oxygens (including phenoxy) is 2. The van der Waals surface area contributed by atoms with E-state index in [0.29, 0.717) is 22.5 Å². The summed E-state index contributed by atoms with van der Waals surface area (Å²) >= 11 is 0. The van der Waals surface area contributed by atoms with Crippen LogP contribution in [0.1, 0.15) is 37.4 Å². The number of rotatable bonds is 7. The molecule has 35 heavy (non-hydrogen) atoms. The first kappa shape index (κ1) is 25.4. The Kier molecular flexibility index (Phi) is 7.07. The van der Waals surface area contributed by atoms with Gasteiger partial charge in [0.15, 0.2) is 31.5 Å². The van der Waals surface area contributed by atoms with Gasteiger partial charge in [-0.25, -0.2) is 15.0 Å². The molecule has 1 amide bonds. The number of anilines is 1. The number of nitrogens with one attached hydrogen (secondary N) is 1. The Bertz CT molecular complexity index is 1180. The standard InChI is InChI=1S/C24H33N5O5Si/c1-24(2,3)35(5,6)34-19-18(32-4)16(12-30)33-23(19)29-14-27-17-20(25-13-26-21(17)29)28-22(31)15-10-8-7-9-11-15/h7-11,13-14,16,18-19,23,30H,12H2,1-6H3,(H,25,26,28,31)/t16-,18-,19-,23-/m1/s1. The van der Waals surface area contributed by atoms with Crippen molar-refractivity contribution in [3.63, 3.8) is 0 Å². The molecule has 1 fully saturated rings. The summed E-state index contributed by atoms with van der Waals surface area (Å²) in [7, 11) is -0.638. The van der Waals surface area contributed by atoms with Crippen molar-refractivity contribution in [1.82, 2.24) is 19.5 Å². The summed E-state index contributed by atoms with van der Waals surface area (Å²) in [6, 6.07) is 8.88. The van der Waals surface area contributed by atoms with E-state index in [4.69, 9.17) is 13.9 Å². The van der Waals surface area contributed by atoms with Gasteiger partial charge in [0.2, 0.25) is 0 Å². The van der Waals surface area contributed by atoms with Gasteiger partial charge in [-0.3, -0.25) is 9.36 Å². The molecule has 4 atom stereocenters. The fraction of sp³-hybridized carbons (Fsp3) is 0.500. The van der Waals surface area contributed by atoms with Gasteiger partial charge in [-0.05, 0) is 30.3 Å². The van der Waals surface area contributed by atoms with Crippen LogP contribution in [0.3, 0.4) is 0 Å². The Balaban J connectivity index is 1.70. The van der Waals surface area contributed by atoms with Gasteiger partial charge in [0.1, 0.15) is 24.6 Å².